The van der Waals surface area contributed by atoms with Crippen LogP contribution in [0.25, 0.3) is 0 Å². The Morgan fingerprint density at radius 1 is 1.67 bits per heavy atom. The van der Waals surface area contributed by atoms with E-state index in [-0.39, 0.29) is 24.6 Å². The van der Waals surface area contributed by atoms with Crippen molar-refractivity contribution in [2.24, 2.45) is 4.99 Å². The van der Waals surface area contributed by atoms with E-state index in [1.165, 1.54) is 0 Å². The van der Waals surface area contributed by atoms with Crippen LogP contribution in [0, 0.1) is 0 Å². The number of rotatable bonds is 4. The molecule has 0 amide bonds. The predicted molar refractivity (Wildman–Crippen MR) is 54.1 cm³/mol. The standard InChI is InChI=1S/C7H13N3O4S/c1-10-4-6(8-5-10)15(13,14)9-3-2-7(11)12/h9H,2-5H2,1H3,(H,11,12). The second kappa shape index (κ2) is 4.69. The molecule has 1 aliphatic heterocycles. The maximum Gasteiger partial charge on any atom is 0.304 e. The smallest absolute Gasteiger partial charge is 0.304 e. The van der Waals surface area contributed by atoms with E-state index in [9.17, 15) is 13.2 Å². The molecule has 1 rings (SSSR count). The summed E-state index contributed by atoms with van der Waals surface area (Å²) in [5.74, 6) is -1.04. The van der Waals surface area contributed by atoms with Crippen molar-refractivity contribution in [1.82, 2.24) is 9.62 Å². The van der Waals surface area contributed by atoms with Crippen molar-refractivity contribution in [3.63, 3.8) is 0 Å². The molecule has 0 unspecified atom stereocenters. The highest BCUT2D eigenvalue weighted by Gasteiger charge is 2.24. The molecule has 86 valence electrons. The van der Waals surface area contributed by atoms with Crippen molar-refractivity contribution in [2.45, 2.75) is 6.42 Å². The Morgan fingerprint density at radius 2 is 2.33 bits per heavy atom. The number of sulfonamides is 1. The molecule has 2 N–H and O–H groups in total. The van der Waals surface area contributed by atoms with E-state index in [0.717, 1.165) is 0 Å². The minimum Gasteiger partial charge on any atom is -0.481 e. The molecule has 8 heteroatoms. The van der Waals surface area contributed by atoms with Crippen LogP contribution in [0.1, 0.15) is 6.42 Å². The lowest BCUT2D eigenvalue weighted by molar-refractivity contribution is -0.136. The monoisotopic (exact) mass is 235 g/mol. The van der Waals surface area contributed by atoms with Gasteiger partial charge in [-0.2, -0.15) is 0 Å². The van der Waals surface area contributed by atoms with Crippen LogP contribution in [0.2, 0.25) is 0 Å². The summed E-state index contributed by atoms with van der Waals surface area (Å²) in [6.45, 7) is 0.512. The minimum absolute atomic E-state index is 0.0652. The Bertz CT molecular complexity index is 376. The van der Waals surface area contributed by atoms with Crippen molar-refractivity contribution in [3.05, 3.63) is 0 Å². The van der Waals surface area contributed by atoms with Gasteiger partial charge in [0.2, 0.25) is 0 Å². The number of hydrogen-bond donors (Lipinski definition) is 2. The first-order chi connectivity index (χ1) is 6.92. The van der Waals surface area contributed by atoms with Crippen LogP contribution >= 0.6 is 0 Å². The van der Waals surface area contributed by atoms with E-state index in [1.54, 1.807) is 11.9 Å². The van der Waals surface area contributed by atoms with Gasteiger partial charge in [0.15, 0.2) is 5.04 Å². The molecule has 0 atom stereocenters. The number of aliphatic carboxylic acids is 1. The predicted octanol–water partition coefficient (Wildman–Crippen LogP) is -1.32. The third-order valence-electron chi connectivity index (χ3n) is 1.83. The van der Waals surface area contributed by atoms with Gasteiger partial charge in [-0.3, -0.25) is 14.7 Å². The average molecular weight is 235 g/mol. The maximum atomic E-state index is 11.5. The van der Waals surface area contributed by atoms with Gasteiger partial charge in [0.1, 0.15) is 0 Å². The summed E-state index contributed by atoms with van der Waals surface area (Å²) in [6.07, 6.45) is -0.234. The summed E-state index contributed by atoms with van der Waals surface area (Å²) in [4.78, 5) is 15.8. The average Bonchev–Trinajstić information content (AvgIpc) is 2.51. The molecule has 0 saturated heterocycles. The van der Waals surface area contributed by atoms with E-state index in [2.05, 4.69) is 9.71 Å². The molecular weight excluding hydrogens is 222 g/mol. The van der Waals surface area contributed by atoms with Crippen LogP contribution in [0.5, 0.6) is 0 Å². The van der Waals surface area contributed by atoms with Gasteiger partial charge in [0.25, 0.3) is 10.0 Å². The largest absolute Gasteiger partial charge is 0.481 e. The van der Waals surface area contributed by atoms with Gasteiger partial charge in [-0.15, -0.1) is 0 Å². The molecule has 0 fully saturated rings. The van der Waals surface area contributed by atoms with Crippen LogP contribution in [-0.4, -0.2) is 56.2 Å². The molecule has 0 aromatic heterocycles. The zero-order chi connectivity index (χ0) is 11.5. The fourth-order valence-corrected chi connectivity index (χ4v) is 2.23. The van der Waals surface area contributed by atoms with Gasteiger partial charge >= 0.3 is 5.97 Å². The molecule has 0 bridgehead atoms. The molecule has 1 aliphatic rings. The fraction of sp³-hybridized carbons (Fsp3) is 0.714. The third kappa shape index (κ3) is 3.57. The fourth-order valence-electron chi connectivity index (χ4n) is 1.08. The van der Waals surface area contributed by atoms with Gasteiger partial charge < -0.3 is 5.11 Å². The number of carbonyl (C=O) groups is 1. The maximum absolute atomic E-state index is 11.5. The summed E-state index contributed by atoms with van der Waals surface area (Å²) in [5.41, 5.74) is 0. The first kappa shape index (κ1) is 12.1. The second-order valence-electron chi connectivity index (χ2n) is 3.25. The summed E-state index contributed by atoms with van der Waals surface area (Å²) in [6, 6.07) is 0. The van der Waals surface area contributed by atoms with E-state index >= 15 is 0 Å². The molecule has 0 spiro atoms. The molecule has 0 aromatic rings. The lowest BCUT2D eigenvalue weighted by Crippen LogP contribution is -2.35. The number of aliphatic imine (C=N–C) groups is 1. The van der Waals surface area contributed by atoms with Crippen molar-refractivity contribution < 1.29 is 18.3 Å². The Kier molecular flexibility index (Phi) is 3.77. The molecular formula is C7H13N3O4S. The van der Waals surface area contributed by atoms with E-state index < -0.39 is 16.0 Å². The van der Waals surface area contributed by atoms with Gasteiger partial charge in [0, 0.05) is 6.54 Å². The normalized spacial score (nSPS) is 17.8. The molecule has 0 aliphatic carbocycles. The molecule has 15 heavy (non-hydrogen) atoms. The number of nitrogens with one attached hydrogen (secondary N) is 1. The lowest BCUT2D eigenvalue weighted by Gasteiger charge is -2.06. The van der Waals surface area contributed by atoms with Gasteiger partial charge in [-0.25, -0.2) is 13.1 Å². The summed E-state index contributed by atoms with van der Waals surface area (Å²) in [7, 11) is -1.84. The Morgan fingerprint density at radius 3 is 2.80 bits per heavy atom. The molecule has 7 nitrogen and oxygen atoms in total. The topological polar surface area (TPSA) is 99.1 Å². The van der Waals surface area contributed by atoms with Crippen molar-refractivity contribution in [2.75, 3.05) is 26.8 Å². The summed E-state index contributed by atoms with van der Waals surface area (Å²) >= 11 is 0. The van der Waals surface area contributed by atoms with Gasteiger partial charge in [0.05, 0.1) is 19.6 Å². The van der Waals surface area contributed by atoms with E-state index in [0.29, 0.717) is 6.67 Å². The molecule has 0 radical (unpaired) electrons. The molecule has 1 heterocycles. The zero-order valence-corrected chi connectivity index (χ0v) is 9.12. The zero-order valence-electron chi connectivity index (χ0n) is 8.30. The second-order valence-corrected chi connectivity index (χ2v) is 5.02. The quantitative estimate of drug-likeness (QED) is 0.629. The Balaban J connectivity index is 2.49. The van der Waals surface area contributed by atoms with Crippen LogP contribution < -0.4 is 4.72 Å². The molecule has 0 aromatic carbocycles. The highest BCUT2D eigenvalue weighted by molar-refractivity contribution is 8.04. The lowest BCUT2D eigenvalue weighted by atomic mass is 10.5. The van der Waals surface area contributed by atoms with Crippen LogP contribution in [-0.2, 0) is 14.8 Å². The van der Waals surface area contributed by atoms with E-state index in [1.807, 2.05) is 0 Å². The minimum atomic E-state index is -3.59. The van der Waals surface area contributed by atoms with E-state index in [4.69, 9.17) is 5.11 Å². The Hall–Kier alpha value is -0.990. The first-order valence-corrected chi connectivity index (χ1v) is 5.83. The van der Waals surface area contributed by atoms with Crippen molar-refractivity contribution in [1.29, 1.82) is 0 Å². The summed E-state index contributed by atoms with van der Waals surface area (Å²) in [5, 5.41) is 8.41. The van der Waals surface area contributed by atoms with Gasteiger partial charge in [-0.1, -0.05) is 0 Å². The van der Waals surface area contributed by atoms with Crippen molar-refractivity contribution >= 4 is 21.0 Å². The van der Waals surface area contributed by atoms with Crippen LogP contribution in [0.15, 0.2) is 4.99 Å². The van der Waals surface area contributed by atoms with Crippen LogP contribution in [0.4, 0.5) is 0 Å². The number of nitrogens with zero attached hydrogens (tertiary/aromatic N) is 2. The van der Waals surface area contributed by atoms with Crippen molar-refractivity contribution in [3.8, 4) is 0 Å². The van der Waals surface area contributed by atoms with Gasteiger partial charge in [-0.05, 0) is 7.05 Å². The third-order valence-corrected chi connectivity index (χ3v) is 3.30. The van der Waals surface area contributed by atoms with Crippen LogP contribution in [0.3, 0.4) is 0 Å². The Labute approximate surface area is 87.8 Å². The highest BCUT2D eigenvalue weighted by atomic mass is 32.2. The summed E-state index contributed by atoms with van der Waals surface area (Å²) < 4.78 is 25.2. The highest BCUT2D eigenvalue weighted by Crippen LogP contribution is 2.02. The molecule has 0 saturated carbocycles. The number of hydrogen-bond acceptors (Lipinski definition) is 5. The first-order valence-electron chi connectivity index (χ1n) is 4.35. The number of carboxylic acid groups (broad SMARTS) is 1. The SMILES string of the molecule is CN1CN=C(S(=O)(=O)NCCC(=O)O)C1. The number of carboxylic acids is 1.